The Morgan fingerprint density at radius 3 is 2.35 bits per heavy atom. The van der Waals surface area contributed by atoms with Gasteiger partial charge in [-0.2, -0.15) is 8.42 Å². The van der Waals surface area contributed by atoms with Gasteiger partial charge in [0.2, 0.25) is 0 Å². The van der Waals surface area contributed by atoms with Gasteiger partial charge in [0.05, 0.1) is 43.4 Å². The Kier molecular flexibility index (Phi) is 12.3. The molecule has 2 N–H and O–H groups in total. The van der Waals surface area contributed by atoms with Crippen molar-refractivity contribution in [3.05, 3.63) is 106 Å². The first-order valence-corrected chi connectivity index (χ1v) is 17.3. The van der Waals surface area contributed by atoms with Crippen LogP contribution in [0.4, 0.5) is 10.1 Å². The number of methoxy groups -OCH3 is 1. The first kappa shape index (κ1) is 38.2. The number of fused-ring (bicyclic) bond motifs is 1. The second-order valence-electron chi connectivity index (χ2n) is 11.7. The van der Waals surface area contributed by atoms with E-state index in [4.69, 9.17) is 18.8 Å². The monoisotopic (exact) mass is 723 g/mol. The molecule has 1 amide bonds. The molecule has 0 bridgehead atoms. The Bertz CT molecular complexity index is 2190. The number of ether oxygens (including phenoxy) is 3. The van der Waals surface area contributed by atoms with Gasteiger partial charge in [0.15, 0.2) is 11.6 Å². The molecule has 0 aliphatic rings. The minimum absolute atomic E-state index is 0.0621. The fourth-order valence-corrected chi connectivity index (χ4v) is 5.05. The number of aromatic nitrogens is 3. The minimum atomic E-state index is -3.67. The highest BCUT2D eigenvalue weighted by atomic mass is 32.2. The zero-order valence-corrected chi connectivity index (χ0v) is 29.6. The maximum atomic E-state index is 15.3. The molecule has 0 radical (unpaired) electrons. The third-order valence-corrected chi connectivity index (χ3v) is 7.15. The topological polar surface area (TPSA) is 171 Å². The summed E-state index contributed by atoms with van der Waals surface area (Å²) in [6, 6.07) is 19.7. The van der Waals surface area contributed by atoms with Crippen molar-refractivity contribution < 1.29 is 41.2 Å². The lowest BCUT2D eigenvalue weighted by Gasteiger charge is -2.19. The van der Waals surface area contributed by atoms with Gasteiger partial charge in [-0.25, -0.2) is 9.07 Å². The van der Waals surface area contributed by atoms with E-state index in [0.29, 0.717) is 40.0 Å². The lowest BCUT2D eigenvalue weighted by molar-refractivity contribution is -0.149. The molecule has 1 atom stereocenters. The summed E-state index contributed by atoms with van der Waals surface area (Å²) in [6.45, 7) is 3.56. The molecule has 0 aliphatic heterocycles. The number of anilines is 1. The Morgan fingerprint density at radius 1 is 1.04 bits per heavy atom. The minimum Gasteiger partial charge on any atom is -0.497 e. The second-order valence-corrected chi connectivity index (χ2v) is 13.1. The van der Waals surface area contributed by atoms with Crippen LogP contribution in [0.2, 0.25) is 0 Å². The fourth-order valence-electron chi connectivity index (χ4n) is 5.05. The molecule has 270 valence electrons. The van der Waals surface area contributed by atoms with Crippen LogP contribution in [0.5, 0.6) is 17.2 Å². The molecule has 0 saturated heterocycles. The number of esters is 1. The fraction of sp³-hybridized carbons (Fsp3) is 0.257. The zero-order chi connectivity index (χ0) is 37.5. The first-order chi connectivity index (χ1) is 24.0. The number of hydrogen-bond donors (Lipinski definition) is 2. The SMILES string of the molecule is COc1ccc2c(Oc3ccc(NC(=O)c4c(C)n(CC(C)OC(=O)CN(C)C)n(-c5ccccc5)c4=O)cc3F)ccnc2c1.CS(=O)(=O)O. The summed E-state index contributed by atoms with van der Waals surface area (Å²) >= 11 is 0. The standard InChI is InChI=1S/C34H34FN5O6.CH4O3S/c1-21(45-31(41)20-38(3)4)19-39-22(2)32(34(43)40(39)24-9-7-6-8-10-24)33(42)37-23-11-14-30(27(35)17-23)46-29-15-16-36-28-18-25(44-5)12-13-26(28)29;1-5(2,3)4/h6-18,21H,19-20H2,1-5H3,(H,37,42);1H3,(H,2,3,4). The van der Waals surface area contributed by atoms with Crippen LogP contribution in [-0.4, -0.2) is 84.2 Å². The van der Waals surface area contributed by atoms with Crippen molar-refractivity contribution in [2.24, 2.45) is 0 Å². The largest absolute Gasteiger partial charge is 0.497 e. The molecule has 51 heavy (non-hydrogen) atoms. The molecule has 0 saturated carbocycles. The van der Waals surface area contributed by atoms with Crippen LogP contribution in [-0.2, 0) is 26.2 Å². The summed E-state index contributed by atoms with van der Waals surface area (Å²) in [7, 11) is 1.40. The number of para-hydroxylation sites is 1. The molecule has 3 aromatic carbocycles. The smallest absolute Gasteiger partial charge is 0.320 e. The predicted octanol–water partition coefficient (Wildman–Crippen LogP) is 4.69. The van der Waals surface area contributed by atoms with E-state index in [1.54, 1.807) is 99.4 Å². The van der Waals surface area contributed by atoms with E-state index in [0.717, 1.165) is 6.07 Å². The lowest BCUT2D eigenvalue weighted by Crippen LogP contribution is -2.31. The molecule has 0 spiro atoms. The van der Waals surface area contributed by atoms with E-state index in [1.807, 2.05) is 6.07 Å². The molecule has 16 heteroatoms. The number of rotatable bonds is 11. The van der Waals surface area contributed by atoms with Crippen LogP contribution < -0.4 is 20.3 Å². The molecule has 5 aromatic rings. The van der Waals surface area contributed by atoms with Crippen LogP contribution >= 0.6 is 0 Å². The number of halogens is 1. The van der Waals surface area contributed by atoms with Crippen molar-refractivity contribution in [1.29, 1.82) is 0 Å². The van der Waals surface area contributed by atoms with Gasteiger partial charge < -0.3 is 19.5 Å². The third kappa shape index (κ3) is 10.2. The summed E-state index contributed by atoms with van der Waals surface area (Å²) in [6.07, 6.45) is 1.66. The Balaban J connectivity index is 0.00000109. The number of likely N-dealkylation sites (N-methyl/N-ethyl adjacent to an activating group) is 1. The van der Waals surface area contributed by atoms with Gasteiger partial charge in [0.1, 0.15) is 23.2 Å². The number of carbonyl (C=O) groups excluding carboxylic acids is 2. The number of amides is 1. The highest BCUT2D eigenvalue weighted by molar-refractivity contribution is 7.85. The van der Waals surface area contributed by atoms with E-state index in [1.165, 1.54) is 16.8 Å². The van der Waals surface area contributed by atoms with E-state index in [-0.39, 0.29) is 30.1 Å². The van der Waals surface area contributed by atoms with Crippen LogP contribution in [0, 0.1) is 12.7 Å². The van der Waals surface area contributed by atoms with Gasteiger partial charge in [-0.15, -0.1) is 0 Å². The Morgan fingerprint density at radius 2 is 1.73 bits per heavy atom. The molecule has 2 heterocycles. The van der Waals surface area contributed by atoms with Gasteiger partial charge >= 0.3 is 5.97 Å². The van der Waals surface area contributed by atoms with Crippen molar-refractivity contribution in [1.82, 2.24) is 19.2 Å². The summed E-state index contributed by atoms with van der Waals surface area (Å²) < 4.78 is 60.7. The molecule has 14 nitrogen and oxygen atoms in total. The summed E-state index contributed by atoms with van der Waals surface area (Å²) in [4.78, 5) is 45.5. The van der Waals surface area contributed by atoms with Crippen molar-refractivity contribution in [3.8, 4) is 22.9 Å². The molecular weight excluding hydrogens is 685 g/mol. The number of hydrogen-bond acceptors (Lipinski definition) is 10. The molecule has 0 fully saturated rings. The van der Waals surface area contributed by atoms with Crippen molar-refractivity contribution in [2.45, 2.75) is 26.5 Å². The first-order valence-electron chi connectivity index (χ1n) is 15.4. The van der Waals surface area contributed by atoms with Gasteiger partial charge in [0, 0.05) is 29.4 Å². The second kappa shape index (κ2) is 16.4. The average Bonchev–Trinajstić information content (AvgIpc) is 3.29. The zero-order valence-electron chi connectivity index (χ0n) is 28.8. The molecular formula is C35H38FN5O9S. The van der Waals surface area contributed by atoms with Crippen molar-refractivity contribution in [2.75, 3.05) is 39.3 Å². The molecule has 5 rings (SSSR count). The van der Waals surface area contributed by atoms with Crippen LogP contribution in [0.3, 0.4) is 0 Å². The number of carbonyl (C=O) groups is 2. The number of pyridine rings is 1. The van der Waals surface area contributed by atoms with Gasteiger partial charge in [-0.3, -0.25) is 33.5 Å². The maximum absolute atomic E-state index is 15.3. The summed E-state index contributed by atoms with van der Waals surface area (Å²) in [5, 5.41) is 3.30. The highest BCUT2D eigenvalue weighted by Crippen LogP contribution is 2.33. The normalized spacial score (nSPS) is 11.8. The summed E-state index contributed by atoms with van der Waals surface area (Å²) in [5.74, 6) is -0.898. The van der Waals surface area contributed by atoms with Gasteiger partial charge in [0.25, 0.3) is 21.6 Å². The van der Waals surface area contributed by atoms with E-state index in [2.05, 4.69) is 10.3 Å². The van der Waals surface area contributed by atoms with Crippen molar-refractivity contribution >= 4 is 38.6 Å². The highest BCUT2D eigenvalue weighted by Gasteiger charge is 2.26. The molecule has 2 aromatic heterocycles. The predicted molar refractivity (Wildman–Crippen MR) is 189 cm³/mol. The summed E-state index contributed by atoms with van der Waals surface area (Å²) in [5.41, 5.74) is 0.915. The number of benzene rings is 3. The Hall–Kier alpha value is -5.58. The van der Waals surface area contributed by atoms with Crippen LogP contribution in [0.25, 0.3) is 16.6 Å². The molecule has 1 unspecified atom stereocenters. The quantitative estimate of drug-likeness (QED) is 0.143. The van der Waals surface area contributed by atoms with Gasteiger partial charge in [-0.05, 0) is 70.4 Å². The van der Waals surface area contributed by atoms with E-state index in [9.17, 15) is 22.8 Å². The van der Waals surface area contributed by atoms with Gasteiger partial charge in [-0.1, -0.05) is 18.2 Å². The van der Waals surface area contributed by atoms with Crippen LogP contribution in [0.1, 0.15) is 23.0 Å². The van der Waals surface area contributed by atoms with E-state index < -0.39 is 39.5 Å². The maximum Gasteiger partial charge on any atom is 0.320 e. The van der Waals surface area contributed by atoms with Crippen molar-refractivity contribution in [3.63, 3.8) is 0 Å². The number of nitrogens with zero attached hydrogens (tertiary/aromatic N) is 4. The molecule has 0 aliphatic carbocycles. The third-order valence-electron chi connectivity index (χ3n) is 7.15. The lowest BCUT2D eigenvalue weighted by atomic mass is 10.2. The number of nitrogens with one attached hydrogen (secondary N) is 1. The van der Waals surface area contributed by atoms with Crippen LogP contribution in [0.15, 0.2) is 83.8 Å². The Labute approximate surface area is 293 Å². The average molecular weight is 724 g/mol. The van der Waals surface area contributed by atoms with E-state index >= 15 is 4.39 Å².